The van der Waals surface area contributed by atoms with Gasteiger partial charge in [-0.05, 0) is 48.5 Å². The van der Waals surface area contributed by atoms with E-state index >= 15 is 0 Å². The minimum Gasteiger partial charge on any atom is -0.606 e. The average molecular weight is 309 g/mol. The topological polar surface area (TPSA) is 78.2 Å². The normalized spacial score (nSPS) is 11.9. The molecular formula is C14H13ClN2O2S. The Morgan fingerprint density at radius 1 is 1.10 bits per heavy atom. The first-order valence-electron chi connectivity index (χ1n) is 5.87. The van der Waals surface area contributed by atoms with Gasteiger partial charge in [0, 0.05) is 21.9 Å². The molecule has 2 rings (SSSR count). The van der Waals surface area contributed by atoms with Gasteiger partial charge in [0.05, 0.1) is 6.54 Å². The molecule has 4 nitrogen and oxygen atoms in total. The minimum atomic E-state index is -1.27. The fraction of sp³-hybridized carbons (Fsp3) is 0.0714. The largest absolute Gasteiger partial charge is 0.606 e. The lowest BCUT2D eigenvalue weighted by molar-refractivity contribution is -0.114. The summed E-state index contributed by atoms with van der Waals surface area (Å²) in [6.45, 7) is -0.0710. The monoisotopic (exact) mass is 308 g/mol. The van der Waals surface area contributed by atoms with E-state index in [0.29, 0.717) is 20.5 Å². The lowest BCUT2D eigenvalue weighted by Gasteiger charge is -2.10. The van der Waals surface area contributed by atoms with Gasteiger partial charge >= 0.3 is 0 Å². The predicted molar refractivity (Wildman–Crippen MR) is 80.3 cm³/mol. The van der Waals surface area contributed by atoms with E-state index in [1.807, 2.05) is 0 Å². The second-order valence-electron chi connectivity index (χ2n) is 4.00. The van der Waals surface area contributed by atoms with Crippen molar-refractivity contribution in [1.29, 1.82) is 0 Å². The highest BCUT2D eigenvalue weighted by molar-refractivity contribution is 7.91. The third-order valence-corrected chi connectivity index (χ3v) is 4.22. The SMILES string of the molecule is NCC(=O)Nc1ccc([S+]([O-])c2ccc(Cl)cc2)cc1. The van der Waals surface area contributed by atoms with Crippen molar-refractivity contribution in [2.24, 2.45) is 5.73 Å². The lowest BCUT2D eigenvalue weighted by atomic mass is 10.3. The minimum absolute atomic E-state index is 0.0710. The molecule has 1 atom stereocenters. The highest BCUT2D eigenvalue weighted by atomic mass is 35.5. The van der Waals surface area contributed by atoms with E-state index < -0.39 is 11.2 Å². The van der Waals surface area contributed by atoms with Crippen molar-refractivity contribution in [3.63, 3.8) is 0 Å². The molecule has 0 radical (unpaired) electrons. The summed E-state index contributed by atoms with van der Waals surface area (Å²) in [4.78, 5) is 12.5. The molecule has 0 aliphatic heterocycles. The number of benzene rings is 2. The van der Waals surface area contributed by atoms with Gasteiger partial charge in [0.25, 0.3) is 0 Å². The van der Waals surface area contributed by atoms with Crippen molar-refractivity contribution in [3.05, 3.63) is 53.6 Å². The van der Waals surface area contributed by atoms with Crippen molar-refractivity contribution in [3.8, 4) is 0 Å². The first kappa shape index (κ1) is 14.9. The molecule has 2 aromatic carbocycles. The van der Waals surface area contributed by atoms with Crippen LogP contribution in [0.4, 0.5) is 5.69 Å². The van der Waals surface area contributed by atoms with E-state index in [1.54, 1.807) is 48.5 Å². The second kappa shape index (κ2) is 6.76. The highest BCUT2D eigenvalue weighted by Gasteiger charge is 2.14. The van der Waals surface area contributed by atoms with Crippen molar-refractivity contribution >= 4 is 34.4 Å². The number of carbonyl (C=O) groups excluding carboxylic acids is 1. The Labute approximate surface area is 125 Å². The van der Waals surface area contributed by atoms with E-state index in [-0.39, 0.29) is 12.5 Å². The Hall–Kier alpha value is -1.53. The molecule has 0 saturated heterocycles. The van der Waals surface area contributed by atoms with Crippen LogP contribution < -0.4 is 11.1 Å². The molecule has 20 heavy (non-hydrogen) atoms. The van der Waals surface area contributed by atoms with E-state index in [4.69, 9.17) is 17.3 Å². The Bertz CT molecular complexity index is 587. The Morgan fingerprint density at radius 3 is 2.10 bits per heavy atom. The quantitative estimate of drug-likeness (QED) is 0.851. The van der Waals surface area contributed by atoms with Crippen molar-refractivity contribution in [2.75, 3.05) is 11.9 Å². The van der Waals surface area contributed by atoms with E-state index in [1.165, 1.54) is 0 Å². The summed E-state index contributed by atoms with van der Waals surface area (Å²) in [6.07, 6.45) is 0. The zero-order chi connectivity index (χ0) is 14.5. The number of hydrogen-bond acceptors (Lipinski definition) is 3. The molecule has 3 N–H and O–H groups in total. The summed E-state index contributed by atoms with van der Waals surface area (Å²) in [5, 5.41) is 3.23. The van der Waals surface area contributed by atoms with Gasteiger partial charge in [0.2, 0.25) is 5.91 Å². The van der Waals surface area contributed by atoms with Gasteiger partial charge in [-0.25, -0.2) is 0 Å². The van der Waals surface area contributed by atoms with Crippen LogP contribution in [0.2, 0.25) is 5.02 Å². The predicted octanol–water partition coefficient (Wildman–Crippen LogP) is 2.40. The molecule has 0 aliphatic rings. The summed E-state index contributed by atoms with van der Waals surface area (Å²) in [6, 6.07) is 13.6. The summed E-state index contributed by atoms with van der Waals surface area (Å²) in [7, 11) is 0. The first-order valence-corrected chi connectivity index (χ1v) is 7.40. The Morgan fingerprint density at radius 2 is 1.60 bits per heavy atom. The zero-order valence-corrected chi connectivity index (χ0v) is 12.1. The smallest absolute Gasteiger partial charge is 0.238 e. The fourth-order valence-corrected chi connectivity index (χ4v) is 2.73. The molecule has 0 aliphatic carbocycles. The summed E-state index contributed by atoms with van der Waals surface area (Å²) < 4.78 is 12.3. The molecule has 0 heterocycles. The maximum atomic E-state index is 12.3. The standard InChI is InChI=1S/C14H13ClN2O2S/c15-10-1-5-12(6-2-10)20(19)13-7-3-11(4-8-13)17-14(18)9-16/h1-8H,9,16H2,(H,17,18). The molecular weight excluding hydrogens is 296 g/mol. The van der Waals surface area contributed by atoms with Crippen molar-refractivity contribution in [2.45, 2.75) is 9.79 Å². The maximum absolute atomic E-state index is 12.3. The number of nitrogens with one attached hydrogen (secondary N) is 1. The number of halogens is 1. The molecule has 0 aromatic heterocycles. The number of anilines is 1. The summed E-state index contributed by atoms with van der Waals surface area (Å²) in [5.41, 5.74) is 5.84. The van der Waals surface area contributed by atoms with Gasteiger partial charge < -0.3 is 15.6 Å². The molecule has 0 spiro atoms. The van der Waals surface area contributed by atoms with Gasteiger partial charge in [-0.2, -0.15) is 0 Å². The van der Waals surface area contributed by atoms with Crippen LogP contribution in [0.3, 0.4) is 0 Å². The number of carbonyl (C=O) groups is 1. The number of nitrogens with two attached hydrogens (primary N) is 1. The van der Waals surface area contributed by atoms with Crippen LogP contribution in [0.15, 0.2) is 58.3 Å². The summed E-state index contributed by atoms with van der Waals surface area (Å²) >= 11 is 4.52. The van der Waals surface area contributed by atoms with Gasteiger partial charge in [-0.1, -0.05) is 11.6 Å². The zero-order valence-electron chi connectivity index (χ0n) is 10.5. The number of amides is 1. The van der Waals surface area contributed by atoms with E-state index in [0.717, 1.165) is 0 Å². The third kappa shape index (κ3) is 3.74. The van der Waals surface area contributed by atoms with Gasteiger partial charge in [-0.3, -0.25) is 4.79 Å². The first-order chi connectivity index (χ1) is 9.60. The Kier molecular flexibility index (Phi) is 5.03. The highest BCUT2D eigenvalue weighted by Crippen LogP contribution is 2.23. The number of rotatable bonds is 4. The molecule has 1 unspecified atom stereocenters. The van der Waals surface area contributed by atoms with Gasteiger partial charge in [0.1, 0.15) is 0 Å². The molecule has 2 aromatic rings. The van der Waals surface area contributed by atoms with Crippen LogP contribution in [0, 0.1) is 0 Å². The van der Waals surface area contributed by atoms with Crippen LogP contribution in [-0.2, 0) is 16.0 Å². The fourth-order valence-electron chi connectivity index (χ4n) is 1.57. The maximum Gasteiger partial charge on any atom is 0.238 e. The second-order valence-corrected chi connectivity index (χ2v) is 5.92. The molecule has 1 amide bonds. The third-order valence-electron chi connectivity index (χ3n) is 2.57. The van der Waals surface area contributed by atoms with Gasteiger partial charge in [0.15, 0.2) is 9.79 Å². The summed E-state index contributed by atoms with van der Waals surface area (Å²) in [5.74, 6) is -0.267. The van der Waals surface area contributed by atoms with E-state index in [2.05, 4.69) is 5.32 Å². The van der Waals surface area contributed by atoms with Crippen molar-refractivity contribution < 1.29 is 9.35 Å². The molecule has 6 heteroatoms. The van der Waals surface area contributed by atoms with Gasteiger partial charge in [-0.15, -0.1) is 0 Å². The van der Waals surface area contributed by atoms with Crippen LogP contribution in [0.5, 0.6) is 0 Å². The lowest BCUT2D eigenvalue weighted by Crippen LogP contribution is -2.21. The van der Waals surface area contributed by atoms with Crippen LogP contribution in [0.1, 0.15) is 0 Å². The van der Waals surface area contributed by atoms with E-state index in [9.17, 15) is 9.35 Å². The van der Waals surface area contributed by atoms with Crippen LogP contribution in [0.25, 0.3) is 0 Å². The molecule has 0 saturated carbocycles. The average Bonchev–Trinajstić information content (AvgIpc) is 2.48. The molecule has 0 bridgehead atoms. The molecule has 104 valence electrons. The molecule has 0 fully saturated rings. The van der Waals surface area contributed by atoms with Crippen LogP contribution >= 0.6 is 11.6 Å². The Balaban J connectivity index is 2.13. The number of hydrogen-bond donors (Lipinski definition) is 2. The van der Waals surface area contributed by atoms with Crippen molar-refractivity contribution in [1.82, 2.24) is 0 Å². The van der Waals surface area contributed by atoms with Crippen LogP contribution in [-0.4, -0.2) is 17.0 Å².